The number of hydrogen-bond acceptors (Lipinski definition) is 5. The number of piperidine rings is 1. The van der Waals surface area contributed by atoms with Gasteiger partial charge in [-0.25, -0.2) is 4.98 Å². The number of carbonyl (C=O) groups is 1. The third kappa shape index (κ3) is 4.97. The van der Waals surface area contributed by atoms with Gasteiger partial charge in [0.25, 0.3) is 0 Å². The minimum Gasteiger partial charge on any atom is -0.383 e. The van der Waals surface area contributed by atoms with Gasteiger partial charge in [-0.15, -0.1) is 0 Å². The lowest BCUT2D eigenvalue weighted by atomic mass is 9.92. The molecule has 1 aromatic rings. The van der Waals surface area contributed by atoms with Gasteiger partial charge < -0.3 is 15.0 Å². The number of carbonyl (C=O) groups excluding carboxylic acids is 1. The van der Waals surface area contributed by atoms with Gasteiger partial charge in [0.2, 0.25) is 5.91 Å². The quantitative estimate of drug-likeness (QED) is 0.801. The van der Waals surface area contributed by atoms with E-state index in [2.05, 4.69) is 15.3 Å². The van der Waals surface area contributed by atoms with Crippen LogP contribution in [0.2, 0.25) is 0 Å². The number of aromatic nitrogens is 2. The van der Waals surface area contributed by atoms with E-state index in [9.17, 15) is 4.79 Å². The monoisotopic (exact) mass is 292 g/mol. The van der Waals surface area contributed by atoms with Crippen LogP contribution in [-0.2, 0) is 16.0 Å². The zero-order chi connectivity index (χ0) is 15.1. The van der Waals surface area contributed by atoms with E-state index in [1.54, 1.807) is 20.2 Å². The lowest BCUT2D eigenvalue weighted by Gasteiger charge is -2.31. The SMILES string of the molecule is COCCNc1cnc(CC2CCN(C(C)=O)CC2)cn1. The summed E-state index contributed by atoms with van der Waals surface area (Å²) in [5, 5.41) is 3.15. The number of rotatable bonds is 6. The zero-order valence-electron chi connectivity index (χ0n) is 12.8. The fourth-order valence-electron chi connectivity index (χ4n) is 2.58. The zero-order valence-corrected chi connectivity index (χ0v) is 12.8. The molecule has 1 aliphatic heterocycles. The second kappa shape index (κ2) is 7.93. The number of methoxy groups -OCH3 is 1. The van der Waals surface area contributed by atoms with Crippen LogP contribution >= 0.6 is 0 Å². The van der Waals surface area contributed by atoms with Crippen molar-refractivity contribution >= 4 is 11.7 Å². The van der Waals surface area contributed by atoms with Crippen LogP contribution in [0.25, 0.3) is 0 Å². The Bertz CT molecular complexity index is 441. The van der Waals surface area contributed by atoms with Crippen molar-refractivity contribution in [1.29, 1.82) is 0 Å². The van der Waals surface area contributed by atoms with E-state index in [1.165, 1.54) is 0 Å². The van der Waals surface area contributed by atoms with Gasteiger partial charge in [0, 0.05) is 33.7 Å². The summed E-state index contributed by atoms with van der Waals surface area (Å²) in [6.45, 7) is 4.75. The molecule has 0 radical (unpaired) electrons. The van der Waals surface area contributed by atoms with Crippen LogP contribution in [-0.4, -0.2) is 54.1 Å². The topological polar surface area (TPSA) is 67.3 Å². The number of anilines is 1. The molecular weight excluding hydrogens is 268 g/mol. The Morgan fingerprint density at radius 1 is 1.38 bits per heavy atom. The molecule has 116 valence electrons. The van der Waals surface area contributed by atoms with Crippen molar-refractivity contribution in [2.75, 3.05) is 38.7 Å². The Kier molecular flexibility index (Phi) is 5.92. The first-order chi connectivity index (χ1) is 10.2. The van der Waals surface area contributed by atoms with Gasteiger partial charge in [-0.05, 0) is 25.2 Å². The summed E-state index contributed by atoms with van der Waals surface area (Å²) in [6.07, 6.45) is 6.66. The third-order valence-corrected chi connectivity index (χ3v) is 3.88. The summed E-state index contributed by atoms with van der Waals surface area (Å²) in [4.78, 5) is 22.0. The molecule has 0 aliphatic carbocycles. The summed E-state index contributed by atoms with van der Waals surface area (Å²) in [5.74, 6) is 1.56. The van der Waals surface area contributed by atoms with Crippen molar-refractivity contribution in [2.45, 2.75) is 26.2 Å². The molecule has 1 aliphatic rings. The minimum atomic E-state index is 0.180. The average Bonchev–Trinajstić information content (AvgIpc) is 2.50. The molecule has 0 saturated carbocycles. The summed E-state index contributed by atoms with van der Waals surface area (Å²) in [7, 11) is 1.67. The van der Waals surface area contributed by atoms with Crippen molar-refractivity contribution in [2.24, 2.45) is 5.92 Å². The average molecular weight is 292 g/mol. The second-order valence-electron chi connectivity index (χ2n) is 5.47. The molecule has 21 heavy (non-hydrogen) atoms. The van der Waals surface area contributed by atoms with Crippen LogP contribution in [0.4, 0.5) is 5.82 Å². The fourth-order valence-corrected chi connectivity index (χ4v) is 2.58. The Morgan fingerprint density at radius 2 is 2.14 bits per heavy atom. The maximum atomic E-state index is 11.3. The van der Waals surface area contributed by atoms with Gasteiger partial charge in [-0.3, -0.25) is 9.78 Å². The van der Waals surface area contributed by atoms with E-state index in [4.69, 9.17) is 4.74 Å². The molecule has 2 rings (SSSR count). The van der Waals surface area contributed by atoms with Crippen LogP contribution in [0.5, 0.6) is 0 Å². The van der Waals surface area contributed by atoms with Gasteiger partial charge in [-0.2, -0.15) is 0 Å². The smallest absolute Gasteiger partial charge is 0.219 e. The molecule has 6 nitrogen and oxygen atoms in total. The molecule has 1 amide bonds. The molecule has 2 heterocycles. The number of amides is 1. The van der Waals surface area contributed by atoms with Crippen LogP contribution in [0, 0.1) is 5.92 Å². The van der Waals surface area contributed by atoms with Gasteiger partial charge in [0.05, 0.1) is 24.7 Å². The second-order valence-corrected chi connectivity index (χ2v) is 5.47. The standard InChI is InChI=1S/C15H24N4O2/c1-12(20)19-6-3-13(4-7-19)9-14-10-18-15(11-17-14)16-5-8-21-2/h10-11,13H,3-9H2,1-2H3,(H,16,18). The van der Waals surface area contributed by atoms with Gasteiger partial charge >= 0.3 is 0 Å². The lowest BCUT2D eigenvalue weighted by Crippen LogP contribution is -2.37. The first-order valence-electron chi connectivity index (χ1n) is 7.48. The Balaban J connectivity index is 1.77. The summed E-state index contributed by atoms with van der Waals surface area (Å²) < 4.78 is 4.97. The van der Waals surface area contributed by atoms with Crippen LogP contribution < -0.4 is 5.32 Å². The molecule has 0 bridgehead atoms. The molecule has 0 aromatic carbocycles. The largest absolute Gasteiger partial charge is 0.383 e. The van der Waals surface area contributed by atoms with Crippen LogP contribution in [0.3, 0.4) is 0 Å². The third-order valence-electron chi connectivity index (χ3n) is 3.88. The molecule has 1 saturated heterocycles. The number of likely N-dealkylation sites (tertiary alicyclic amines) is 1. The van der Waals surface area contributed by atoms with Gasteiger partial charge in [-0.1, -0.05) is 0 Å². The van der Waals surface area contributed by atoms with Gasteiger partial charge in [0.15, 0.2) is 0 Å². The molecular formula is C15H24N4O2. The first kappa shape index (κ1) is 15.7. The maximum Gasteiger partial charge on any atom is 0.219 e. The van der Waals surface area contributed by atoms with E-state index in [-0.39, 0.29) is 5.91 Å². The van der Waals surface area contributed by atoms with Crippen LogP contribution in [0.15, 0.2) is 12.4 Å². The summed E-state index contributed by atoms with van der Waals surface area (Å²) in [5.41, 5.74) is 1.02. The minimum absolute atomic E-state index is 0.180. The van der Waals surface area contributed by atoms with Crippen molar-refractivity contribution < 1.29 is 9.53 Å². The number of hydrogen-bond donors (Lipinski definition) is 1. The van der Waals surface area contributed by atoms with Crippen molar-refractivity contribution in [3.8, 4) is 0 Å². The van der Waals surface area contributed by atoms with Crippen LogP contribution in [0.1, 0.15) is 25.5 Å². The number of ether oxygens (including phenoxy) is 1. The number of nitrogens with zero attached hydrogens (tertiary/aromatic N) is 3. The summed E-state index contributed by atoms with van der Waals surface area (Å²) >= 11 is 0. The highest BCUT2D eigenvalue weighted by atomic mass is 16.5. The predicted molar refractivity (Wildman–Crippen MR) is 81.1 cm³/mol. The number of nitrogens with one attached hydrogen (secondary N) is 1. The van der Waals surface area contributed by atoms with E-state index < -0.39 is 0 Å². The van der Waals surface area contributed by atoms with Crippen molar-refractivity contribution in [3.05, 3.63) is 18.1 Å². The Morgan fingerprint density at radius 3 is 2.71 bits per heavy atom. The molecule has 1 N–H and O–H groups in total. The van der Waals surface area contributed by atoms with E-state index in [1.807, 2.05) is 11.1 Å². The normalized spacial score (nSPS) is 16.0. The highest BCUT2D eigenvalue weighted by molar-refractivity contribution is 5.73. The highest BCUT2D eigenvalue weighted by Gasteiger charge is 2.21. The Hall–Kier alpha value is -1.69. The fraction of sp³-hybridized carbons (Fsp3) is 0.667. The summed E-state index contributed by atoms with van der Waals surface area (Å²) in [6, 6.07) is 0. The van der Waals surface area contributed by atoms with E-state index in [0.29, 0.717) is 12.5 Å². The Labute approximate surface area is 125 Å². The first-order valence-corrected chi connectivity index (χ1v) is 7.48. The van der Waals surface area contributed by atoms with Crippen molar-refractivity contribution in [1.82, 2.24) is 14.9 Å². The molecule has 1 fully saturated rings. The molecule has 0 unspecified atom stereocenters. The molecule has 0 spiro atoms. The maximum absolute atomic E-state index is 11.3. The molecule has 6 heteroatoms. The lowest BCUT2D eigenvalue weighted by molar-refractivity contribution is -0.130. The highest BCUT2D eigenvalue weighted by Crippen LogP contribution is 2.20. The van der Waals surface area contributed by atoms with E-state index >= 15 is 0 Å². The van der Waals surface area contributed by atoms with Crippen molar-refractivity contribution in [3.63, 3.8) is 0 Å². The molecule has 0 atom stereocenters. The van der Waals surface area contributed by atoms with Gasteiger partial charge in [0.1, 0.15) is 5.82 Å². The van der Waals surface area contributed by atoms with E-state index in [0.717, 1.165) is 50.4 Å². The molecule has 1 aromatic heterocycles. The predicted octanol–water partition coefficient (Wildman–Crippen LogP) is 1.34.